The maximum absolute atomic E-state index is 13.5. The Morgan fingerprint density at radius 1 is 1.30 bits per heavy atom. The molecule has 126 valence electrons. The molecule has 1 aromatic carbocycles. The molecule has 0 heterocycles. The molecule has 0 aliphatic heterocycles. The lowest BCUT2D eigenvalue weighted by molar-refractivity contribution is -0.137. The molecule has 0 saturated carbocycles. The van der Waals surface area contributed by atoms with E-state index in [2.05, 4.69) is 12.0 Å². The number of aryl methyl sites for hydroxylation is 1. The third-order valence-electron chi connectivity index (χ3n) is 3.18. The van der Waals surface area contributed by atoms with Gasteiger partial charge in [0.2, 0.25) is 0 Å². The molecule has 0 unspecified atom stereocenters. The molecule has 0 bridgehead atoms. The minimum Gasteiger partial charge on any atom is -0.290 e. The minimum atomic E-state index is -4.50. The summed E-state index contributed by atoms with van der Waals surface area (Å²) in [7, 11) is 1.43. The fourth-order valence-electron chi connectivity index (χ4n) is 2.49. The number of allylic oxidation sites excluding steroid dienone is 1. The van der Waals surface area contributed by atoms with Gasteiger partial charge in [0.1, 0.15) is 0 Å². The molecule has 0 amide bonds. The number of nitrogens with one attached hydrogen (secondary N) is 1. The van der Waals surface area contributed by atoms with E-state index in [0.717, 1.165) is 11.1 Å². The normalized spacial score (nSPS) is 11.8. The van der Waals surface area contributed by atoms with Crippen LogP contribution in [0.15, 0.2) is 18.7 Å². The van der Waals surface area contributed by atoms with Crippen molar-refractivity contribution < 1.29 is 13.2 Å². The van der Waals surface area contributed by atoms with Gasteiger partial charge in [0.05, 0.1) is 11.3 Å². The molecule has 0 aliphatic carbocycles. The Bertz CT molecular complexity index is 634. The molecule has 0 spiro atoms. The van der Waals surface area contributed by atoms with Crippen molar-refractivity contribution in [2.24, 2.45) is 5.41 Å². The smallest absolute Gasteiger partial charge is 0.290 e. The van der Waals surface area contributed by atoms with Gasteiger partial charge in [-0.3, -0.25) is 5.43 Å². The third kappa shape index (κ3) is 5.20. The summed E-state index contributed by atoms with van der Waals surface area (Å²) in [6, 6.07) is 2.61. The van der Waals surface area contributed by atoms with Gasteiger partial charge in [0.15, 0.2) is 6.19 Å². The second kappa shape index (κ2) is 6.53. The largest absolute Gasteiger partial charge is 0.417 e. The van der Waals surface area contributed by atoms with Gasteiger partial charge in [-0.25, -0.2) is 5.01 Å². The molecule has 0 radical (unpaired) electrons. The van der Waals surface area contributed by atoms with E-state index in [1.165, 1.54) is 7.05 Å². The van der Waals surface area contributed by atoms with Crippen molar-refractivity contribution in [2.45, 2.75) is 40.3 Å². The van der Waals surface area contributed by atoms with Crippen LogP contribution in [0.2, 0.25) is 0 Å². The van der Waals surface area contributed by atoms with Crippen LogP contribution in [0.3, 0.4) is 0 Å². The van der Waals surface area contributed by atoms with Crippen molar-refractivity contribution in [1.29, 1.82) is 5.26 Å². The van der Waals surface area contributed by atoms with Crippen LogP contribution in [-0.4, -0.2) is 12.1 Å². The van der Waals surface area contributed by atoms with Gasteiger partial charge >= 0.3 is 6.18 Å². The number of benzene rings is 1. The van der Waals surface area contributed by atoms with E-state index in [4.69, 9.17) is 5.26 Å². The second-order valence-electron chi connectivity index (χ2n) is 6.83. The van der Waals surface area contributed by atoms with Gasteiger partial charge in [-0.1, -0.05) is 27.4 Å². The lowest BCUT2D eigenvalue weighted by Crippen LogP contribution is -2.20. The number of hydrogen-bond acceptors (Lipinski definition) is 3. The Morgan fingerprint density at radius 3 is 2.30 bits per heavy atom. The number of halogens is 3. The lowest BCUT2D eigenvalue weighted by Gasteiger charge is -2.24. The third-order valence-corrected chi connectivity index (χ3v) is 3.18. The molecule has 0 aliphatic rings. The highest BCUT2D eigenvalue weighted by atomic mass is 19.4. The number of alkyl halides is 3. The van der Waals surface area contributed by atoms with Crippen molar-refractivity contribution in [1.82, 2.24) is 5.01 Å². The molecule has 0 saturated heterocycles. The summed E-state index contributed by atoms with van der Waals surface area (Å²) < 4.78 is 40.4. The predicted molar refractivity (Wildman–Crippen MR) is 86.3 cm³/mol. The van der Waals surface area contributed by atoms with Gasteiger partial charge in [-0.2, -0.15) is 18.4 Å². The highest BCUT2D eigenvalue weighted by molar-refractivity contribution is 5.73. The van der Waals surface area contributed by atoms with E-state index < -0.39 is 11.7 Å². The van der Waals surface area contributed by atoms with Crippen molar-refractivity contribution >= 4 is 11.3 Å². The van der Waals surface area contributed by atoms with Crippen molar-refractivity contribution in [3.63, 3.8) is 0 Å². The zero-order valence-electron chi connectivity index (χ0n) is 14.1. The Morgan fingerprint density at radius 2 is 1.87 bits per heavy atom. The zero-order chi connectivity index (χ0) is 18.0. The fraction of sp³-hybridized carbons (Fsp3) is 0.471. The van der Waals surface area contributed by atoms with Crippen LogP contribution in [0, 0.1) is 23.8 Å². The number of rotatable bonds is 4. The molecular formula is C17H22F3N3. The number of hydrazine groups is 1. The molecule has 0 fully saturated rings. The standard InChI is InChI=1S/C17H22F3N3/c1-11-7-13(22-23(6)10-21)8-14(17(18,19)20)15(11)12(2)9-16(3,4)5/h7-8,22H,2,9H2,1,3-6H3. The van der Waals surface area contributed by atoms with Crippen molar-refractivity contribution in [3.8, 4) is 6.19 Å². The molecule has 23 heavy (non-hydrogen) atoms. The quantitative estimate of drug-likeness (QED) is 0.469. The minimum absolute atomic E-state index is 0.137. The van der Waals surface area contributed by atoms with E-state index in [0.29, 0.717) is 17.6 Å². The summed E-state index contributed by atoms with van der Waals surface area (Å²) in [4.78, 5) is 0. The molecule has 1 N–H and O–H groups in total. The monoisotopic (exact) mass is 325 g/mol. The van der Waals surface area contributed by atoms with E-state index in [-0.39, 0.29) is 16.7 Å². The second-order valence-corrected chi connectivity index (χ2v) is 6.83. The van der Waals surface area contributed by atoms with Crippen LogP contribution < -0.4 is 5.43 Å². The highest BCUT2D eigenvalue weighted by Gasteiger charge is 2.35. The Kier molecular flexibility index (Phi) is 5.36. The van der Waals surface area contributed by atoms with E-state index >= 15 is 0 Å². The first-order chi connectivity index (χ1) is 10.3. The summed E-state index contributed by atoms with van der Waals surface area (Å²) in [5.41, 5.74) is 2.99. The van der Waals surface area contributed by atoms with E-state index in [1.807, 2.05) is 20.8 Å². The maximum Gasteiger partial charge on any atom is 0.417 e. The molecule has 0 aromatic heterocycles. The first-order valence-electron chi connectivity index (χ1n) is 7.15. The van der Waals surface area contributed by atoms with Crippen LogP contribution in [-0.2, 0) is 6.18 Å². The summed E-state index contributed by atoms with van der Waals surface area (Å²) in [6.07, 6.45) is -2.25. The topological polar surface area (TPSA) is 39.1 Å². The van der Waals surface area contributed by atoms with Crippen LogP contribution >= 0.6 is 0 Å². The summed E-state index contributed by atoms with van der Waals surface area (Å²) in [5.74, 6) is 0. The zero-order valence-corrected chi connectivity index (χ0v) is 14.1. The molecule has 1 rings (SSSR count). The molecule has 0 atom stereocenters. The van der Waals surface area contributed by atoms with Crippen molar-refractivity contribution in [2.75, 3.05) is 12.5 Å². The Hall–Kier alpha value is -2.16. The predicted octanol–water partition coefficient (Wildman–Crippen LogP) is 5.20. The SMILES string of the molecule is C=C(CC(C)(C)C)c1c(C)cc(NN(C)C#N)cc1C(F)(F)F. The van der Waals surface area contributed by atoms with E-state index in [1.54, 1.807) is 19.2 Å². The average molecular weight is 325 g/mol. The highest BCUT2D eigenvalue weighted by Crippen LogP contribution is 2.41. The summed E-state index contributed by atoms with van der Waals surface area (Å²) in [6.45, 7) is 11.4. The van der Waals surface area contributed by atoms with Gasteiger partial charge in [0, 0.05) is 7.05 Å². The Balaban J connectivity index is 3.41. The average Bonchev–Trinajstić information content (AvgIpc) is 2.34. The Labute approximate surface area is 135 Å². The van der Waals surface area contributed by atoms with Gasteiger partial charge in [-0.05, 0) is 47.6 Å². The van der Waals surface area contributed by atoms with Crippen LogP contribution in [0.1, 0.15) is 43.9 Å². The van der Waals surface area contributed by atoms with Gasteiger partial charge in [0.25, 0.3) is 0 Å². The van der Waals surface area contributed by atoms with Crippen LogP contribution in [0.5, 0.6) is 0 Å². The van der Waals surface area contributed by atoms with Crippen LogP contribution in [0.25, 0.3) is 5.57 Å². The van der Waals surface area contributed by atoms with Crippen LogP contribution in [0.4, 0.5) is 18.9 Å². The number of anilines is 1. The lowest BCUT2D eigenvalue weighted by atomic mass is 9.83. The van der Waals surface area contributed by atoms with Gasteiger partial charge < -0.3 is 0 Å². The summed E-state index contributed by atoms with van der Waals surface area (Å²) in [5, 5.41) is 9.78. The van der Waals surface area contributed by atoms with Crippen molar-refractivity contribution in [3.05, 3.63) is 35.4 Å². The molecule has 1 aromatic rings. The van der Waals surface area contributed by atoms with E-state index in [9.17, 15) is 13.2 Å². The summed E-state index contributed by atoms with van der Waals surface area (Å²) >= 11 is 0. The molecular weight excluding hydrogens is 303 g/mol. The molecule has 3 nitrogen and oxygen atoms in total. The van der Waals surface area contributed by atoms with Gasteiger partial charge in [-0.15, -0.1) is 0 Å². The molecule has 6 heteroatoms. The number of hydrogen-bond donors (Lipinski definition) is 1. The first kappa shape index (κ1) is 18.9. The number of nitrogens with zero attached hydrogens (tertiary/aromatic N) is 2. The maximum atomic E-state index is 13.5. The fourth-order valence-corrected chi connectivity index (χ4v) is 2.49. The first-order valence-corrected chi connectivity index (χ1v) is 7.15. The number of nitriles is 1.